The van der Waals surface area contributed by atoms with Gasteiger partial charge in [-0.15, -0.1) is 0 Å². The van der Waals surface area contributed by atoms with E-state index in [1.807, 2.05) is 37.4 Å². The monoisotopic (exact) mass is 323 g/mol. The Morgan fingerprint density at radius 2 is 2.11 bits per heavy atom. The van der Waals surface area contributed by atoms with Crippen molar-refractivity contribution >= 4 is 15.9 Å². The van der Waals surface area contributed by atoms with Crippen LogP contribution in [-0.4, -0.2) is 14.2 Å². The van der Waals surface area contributed by atoms with Crippen molar-refractivity contribution in [3.8, 4) is 5.75 Å². The van der Waals surface area contributed by atoms with Crippen molar-refractivity contribution in [1.29, 1.82) is 0 Å². The summed E-state index contributed by atoms with van der Waals surface area (Å²) in [6.45, 7) is 2.08. The zero-order valence-electron chi connectivity index (χ0n) is 11.4. The number of aryl methyl sites for hydroxylation is 1. The van der Waals surface area contributed by atoms with E-state index in [1.165, 1.54) is 0 Å². The van der Waals surface area contributed by atoms with Gasteiger partial charge in [0.25, 0.3) is 0 Å². The summed E-state index contributed by atoms with van der Waals surface area (Å²) in [6.07, 6.45) is 0.903. The second-order valence-corrected chi connectivity index (χ2v) is 5.12. The molecule has 0 aliphatic rings. The van der Waals surface area contributed by atoms with Gasteiger partial charge in [-0.25, -0.2) is 0 Å². The van der Waals surface area contributed by atoms with Crippen LogP contribution in [0.1, 0.15) is 30.0 Å². The molecule has 1 aromatic carbocycles. The van der Waals surface area contributed by atoms with Crippen LogP contribution in [0.3, 0.4) is 0 Å². The van der Waals surface area contributed by atoms with Crippen LogP contribution in [0.25, 0.3) is 0 Å². The first-order valence-electron chi connectivity index (χ1n) is 6.29. The number of hydrogen-bond acceptors (Lipinski definition) is 3. The summed E-state index contributed by atoms with van der Waals surface area (Å²) in [7, 11) is 3.59. The maximum atomic E-state index is 5.84. The fraction of sp³-hybridized carbons (Fsp3) is 0.333. The fourth-order valence-electron chi connectivity index (χ4n) is 2.06. The van der Waals surface area contributed by atoms with E-state index in [9.17, 15) is 0 Å². The van der Waals surface area contributed by atoms with Gasteiger partial charge in [0.15, 0.2) is 0 Å². The highest BCUT2D eigenvalue weighted by molar-refractivity contribution is 9.10. The summed E-state index contributed by atoms with van der Waals surface area (Å²) in [6, 6.07) is 10.0. The van der Waals surface area contributed by atoms with Crippen molar-refractivity contribution in [2.75, 3.05) is 14.2 Å². The minimum atomic E-state index is 0.0283. The smallest absolute Gasteiger partial charge is 0.125 e. The molecule has 1 unspecified atom stereocenters. The molecule has 0 radical (unpaired) electrons. The Balaban J connectivity index is 2.36. The summed E-state index contributed by atoms with van der Waals surface area (Å²) >= 11 is 3.59. The second kappa shape index (κ2) is 6.26. The van der Waals surface area contributed by atoms with E-state index < -0.39 is 0 Å². The molecule has 3 nitrogen and oxygen atoms in total. The molecule has 1 N–H and O–H groups in total. The Hall–Kier alpha value is -1.26. The van der Waals surface area contributed by atoms with Crippen molar-refractivity contribution in [3.63, 3.8) is 0 Å². The van der Waals surface area contributed by atoms with Crippen LogP contribution in [0.4, 0.5) is 0 Å². The third-order valence-corrected chi connectivity index (χ3v) is 3.81. The third kappa shape index (κ3) is 3.01. The molecule has 0 saturated heterocycles. The highest BCUT2D eigenvalue weighted by Gasteiger charge is 2.18. The summed E-state index contributed by atoms with van der Waals surface area (Å²) in [5, 5.41) is 3.29. The normalized spacial score (nSPS) is 12.4. The van der Waals surface area contributed by atoms with Gasteiger partial charge in [-0.2, -0.15) is 0 Å². The number of hydrogen-bond donors (Lipinski definition) is 1. The van der Waals surface area contributed by atoms with Gasteiger partial charge < -0.3 is 14.5 Å². The molecule has 1 aromatic heterocycles. The molecule has 0 saturated carbocycles. The van der Waals surface area contributed by atoms with Gasteiger partial charge in [0.2, 0.25) is 0 Å². The number of rotatable bonds is 5. The quantitative estimate of drug-likeness (QED) is 0.905. The van der Waals surface area contributed by atoms with Crippen molar-refractivity contribution in [2.45, 2.75) is 19.4 Å². The van der Waals surface area contributed by atoms with Crippen LogP contribution in [0.2, 0.25) is 0 Å². The van der Waals surface area contributed by atoms with Crippen LogP contribution >= 0.6 is 15.9 Å². The summed E-state index contributed by atoms with van der Waals surface area (Å²) in [5.74, 6) is 2.75. The molecule has 0 spiro atoms. The number of nitrogens with one attached hydrogen (secondary N) is 1. The van der Waals surface area contributed by atoms with Gasteiger partial charge in [0.05, 0.1) is 13.2 Å². The molecule has 0 fully saturated rings. The van der Waals surface area contributed by atoms with E-state index in [0.29, 0.717) is 0 Å². The molecule has 1 heterocycles. The van der Waals surface area contributed by atoms with Crippen molar-refractivity contribution < 1.29 is 9.15 Å². The first-order valence-corrected chi connectivity index (χ1v) is 7.08. The number of methoxy groups -OCH3 is 1. The van der Waals surface area contributed by atoms with Gasteiger partial charge in [-0.1, -0.05) is 28.9 Å². The first-order chi connectivity index (χ1) is 9.19. The van der Waals surface area contributed by atoms with E-state index in [1.54, 1.807) is 7.11 Å². The Bertz CT molecular complexity index is 551. The highest BCUT2D eigenvalue weighted by Crippen LogP contribution is 2.32. The predicted molar refractivity (Wildman–Crippen MR) is 79.7 cm³/mol. The van der Waals surface area contributed by atoms with Crippen LogP contribution in [0, 0.1) is 0 Å². The van der Waals surface area contributed by atoms with Gasteiger partial charge in [-0.05, 0) is 36.9 Å². The Morgan fingerprint density at radius 1 is 1.32 bits per heavy atom. The number of ether oxygens (including phenoxy) is 1. The average Bonchev–Trinajstić information content (AvgIpc) is 2.90. The lowest BCUT2D eigenvalue weighted by atomic mass is 10.0. The molecule has 19 heavy (non-hydrogen) atoms. The molecule has 4 heteroatoms. The maximum Gasteiger partial charge on any atom is 0.125 e. The molecule has 0 aliphatic carbocycles. The Labute approximate surface area is 122 Å². The number of halogens is 1. The van der Waals surface area contributed by atoms with E-state index in [0.717, 1.165) is 33.7 Å². The van der Waals surface area contributed by atoms with E-state index >= 15 is 0 Å². The molecular weight excluding hydrogens is 306 g/mol. The maximum absolute atomic E-state index is 5.84. The van der Waals surface area contributed by atoms with Crippen molar-refractivity contribution in [1.82, 2.24) is 5.32 Å². The predicted octanol–water partition coefficient (Wildman–Crippen LogP) is 3.92. The third-order valence-electron chi connectivity index (χ3n) is 3.12. The Morgan fingerprint density at radius 3 is 2.63 bits per heavy atom. The molecule has 2 aromatic rings. The van der Waals surface area contributed by atoms with Gasteiger partial charge >= 0.3 is 0 Å². The van der Waals surface area contributed by atoms with Gasteiger partial charge in [0, 0.05) is 10.9 Å². The van der Waals surface area contributed by atoms with Gasteiger partial charge in [0.1, 0.15) is 17.3 Å². The molecule has 2 rings (SSSR count). The lowest BCUT2D eigenvalue weighted by molar-refractivity contribution is 0.413. The van der Waals surface area contributed by atoms with Crippen LogP contribution in [0.5, 0.6) is 5.75 Å². The standard InChI is InChI=1S/C15H18BrNO2/c1-4-10-6-8-14(19-10)15(17-2)12-7-5-11(18-3)9-13(12)16/h5-9,15,17H,4H2,1-3H3. The molecule has 102 valence electrons. The number of benzene rings is 1. The van der Waals surface area contributed by atoms with Crippen molar-refractivity contribution in [3.05, 3.63) is 51.9 Å². The average molecular weight is 324 g/mol. The van der Waals surface area contributed by atoms with Crippen LogP contribution in [0.15, 0.2) is 39.2 Å². The minimum Gasteiger partial charge on any atom is -0.497 e. The summed E-state index contributed by atoms with van der Waals surface area (Å²) in [5.41, 5.74) is 1.13. The summed E-state index contributed by atoms with van der Waals surface area (Å²) < 4.78 is 12.1. The molecule has 1 atom stereocenters. The lowest BCUT2D eigenvalue weighted by Crippen LogP contribution is -2.17. The van der Waals surface area contributed by atoms with E-state index in [-0.39, 0.29) is 6.04 Å². The minimum absolute atomic E-state index is 0.0283. The first kappa shape index (κ1) is 14.2. The zero-order valence-corrected chi connectivity index (χ0v) is 13.0. The van der Waals surface area contributed by atoms with Gasteiger partial charge in [-0.3, -0.25) is 0 Å². The fourth-order valence-corrected chi connectivity index (χ4v) is 2.65. The largest absolute Gasteiger partial charge is 0.497 e. The van der Waals surface area contributed by atoms with Crippen LogP contribution < -0.4 is 10.1 Å². The van der Waals surface area contributed by atoms with Crippen LogP contribution in [-0.2, 0) is 6.42 Å². The highest BCUT2D eigenvalue weighted by atomic mass is 79.9. The zero-order chi connectivity index (χ0) is 13.8. The molecule has 0 aliphatic heterocycles. The van der Waals surface area contributed by atoms with Crippen molar-refractivity contribution in [2.24, 2.45) is 0 Å². The summed E-state index contributed by atoms with van der Waals surface area (Å²) in [4.78, 5) is 0. The second-order valence-electron chi connectivity index (χ2n) is 4.27. The molecule has 0 bridgehead atoms. The molecular formula is C15H18BrNO2. The molecule has 0 amide bonds. The van der Waals surface area contributed by atoms with E-state index in [4.69, 9.17) is 9.15 Å². The topological polar surface area (TPSA) is 34.4 Å². The SMILES string of the molecule is CCc1ccc(C(NC)c2ccc(OC)cc2Br)o1. The lowest BCUT2D eigenvalue weighted by Gasteiger charge is -2.16. The number of furan rings is 1. The Kier molecular flexibility index (Phi) is 4.66. The van der Waals surface area contributed by atoms with E-state index in [2.05, 4.69) is 28.2 Å².